The number of benzene rings is 1. The van der Waals surface area contributed by atoms with E-state index in [0.717, 1.165) is 31.1 Å². The normalized spacial score (nSPS) is 16.1. The van der Waals surface area contributed by atoms with E-state index in [1.54, 1.807) is 7.11 Å². The summed E-state index contributed by atoms with van der Waals surface area (Å²) in [7, 11) is 1.70. The van der Waals surface area contributed by atoms with Crippen molar-refractivity contribution in [3.63, 3.8) is 0 Å². The van der Waals surface area contributed by atoms with Crippen LogP contribution in [-0.2, 0) is 6.54 Å². The van der Waals surface area contributed by atoms with Gasteiger partial charge in [-0.1, -0.05) is 38.3 Å². The quantitative estimate of drug-likeness (QED) is 0.819. The number of hydrogen-bond donors (Lipinski definition) is 1. The fourth-order valence-electron chi connectivity index (χ4n) is 2.79. The first kappa shape index (κ1) is 15.2. The van der Waals surface area contributed by atoms with Crippen molar-refractivity contribution in [1.29, 1.82) is 0 Å². The van der Waals surface area contributed by atoms with Gasteiger partial charge in [-0.15, -0.1) is 0 Å². The van der Waals surface area contributed by atoms with E-state index >= 15 is 0 Å². The molecule has 2 rings (SSSR count). The van der Waals surface area contributed by atoms with Crippen molar-refractivity contribution in [2.45, 2.75) is 58.0 Å². The van der Waals surface area contributed by atoms with Gasteiger partial charge in [0.2, 0.25) is 0 Å². The Labute approximate surface area is 122 Å². The van der Waals surface area contributed by atoms with Gasteiger partial charge < -0.3 is 14.8 Å². The molecule has 0 atom stereocenters. The summed E-state index contributed by atoms with van der Waals surface area (Å²) < 4.78 is 11.3. The lowest BCUT2D eigenvalue weighted by atomic mass is 9.95. The van der Waals surface area contributed by atoms with Crippen LogP contribution in [0.15, 0.2) is 18.2 Å². The van der Waals surface area contributed by atoms with Crippen LogP contribution in [-0.4, -0.2) is 19.8 Å². The van der Waals surface area contributed by atoms with Gasteiger partial charge in [0.1, 0.15) is 0 Å². The summed E-state index contributed by atoms with van der Waals surface area (Å²) >= 11 is 0. The van der Waals surface area contributed by atoms with Crippen molar-refractivity contribution in [3.8, 4) is 11.5 Å². The minimum atomic E-state index is 0.661. The second-order valence-corrected chi connectivity index (χ2v) is 5.51. The largest absolute Gasteiger partial charge is 0.493 e. The van der Waals surface area contributed by atoms with Crippen molar-refractivity contribution in [2.75, 3.05) is 13.7 Å². The van der Waals surface area contributed by atoms with Crippen LogP contribution in [0.3, 0.4) is 0 Å². The SMILES string of the molecule is CCCOc1c(CNC2CCCCC2)cccc1OC. The van der Waals surface area contributed by atoms with Gasteiger partial charge in [-0.3, -0.25) is 0 Å². The highest BCUT2D eigenvalue weighted by Gasteiger charge is 2.15. The fraction of sp³-hybridized carbons (Fsp3) is 0.647. The van der Waals surface area contributed by atoms with Gasteiger partial charge >= 0.3 is 0 Å². The smallest absolute Gasteiger partial charge is 0.165 e. The predicted molar refractivity (Wildman–Crippen MR) is 82.5 cm³/mol. The van der Waals surface area contributed by atoms with Crippen molar-refractivity contribution >= 4 is 0 Å². The van der Waals surface area contributed by atoms with Crippen LogP contribution >= 0.6 is 0 Å². The first-order valence-electron chi connectivity index (χ1n) is 7.87. The average Bonchev–Trinajstić information content (AvgIpc) is 2.52. The Bertz CT molecular complexity index is 400. The van der Waals surface area contributed by atoms with Gasteiger partial charge in [-0.2, -0.15) is 0 Å². The molecular formula is C17H27NO2. The van der Waals surface area contributed by atoms with E-state index < -0.39 is 0 Å². The summed E-state index contributed by atoms with van der Waals surface area (Å²) in [6.07, 6.45) is 7.71. The number of ether oxygens (including phenoxy) is 2. The molecule has 0 aliphatic heterocycles. The number of hydrogen-bond acceptors (Lipinski definition) is 3. The Morgan fingerprint density at radius 1 is 1.20 bits per heavy atom. The molecule has 0 amide bonds. The van der Waals surface area contributed by atoms with E-state index in [2.05, 4.69) is 18.3 Å². The molecule has 1 saturated carbocycles. The predicted octanol–water partition coefficient (Wildman–Crippen LogP) is 3.91. The topological polar surface area (TPSA) is 30.5 Å². The Kier molecular flexibility index (Phi) is 6.19. The van der Waals surface area contributed by atoms with Crippen LogP contribution in [0.5, 0.6) is 11.5 Å². The van der Waals surface area contributed by atoms with Gasteiger partial charge in [0.15, 0.2) is 11.5 Å². The highest BCUT2D eigenvalue weighted by molar-refractivity contribution is 5.46. The van der Waals surface area contributed by atoms with Gasteiger partial charge in [-0.25, -0.2) is 0 Å². The van der Waals surface area contributed by atoms with E-state index in [4.69, 9.17) is 9.47 Å². The summed E-state index contributed by atoms with van der Waals surface area (Å²) in [5.74, 6) is 1.74. The molecule has 0 radical (unpaired) electrons. The Morgan fingerprint density at radius 3 is 2.70 bits per heavy atom. The number of para-hydroxylation sites is 1. The average molecular weight is 277 g/mol. The summed E-state index contributed by atoms with van der Waals surface area (Å²) in [4.78, 5) is 0. The molecular weight excluding hydrogens is 250 g/mol. The van der Waals surface area contributed by atoms with Crippen LogP contribution in [0, 0.1) is 0 Å². The molecule has 0 bridgehead atoms. The molecule has 1 aliphatic carbocycles. The van der Waals surface area contributed by atoms with Gasteiger partial charge in [-0.05, 0) is 25.3 Å². The molecule has 1 aliphatic rings. The zero-order chi connectivity index (χ0) is 14.2. The highest BCUT2D eigenvalue weighted by atomic mass is 16.5. The third-order valence-electron chi connectivity index (χ3n) is 3.92. The molecule has 0 heterocycles. The maximum Gasteiger partial charge on any atom is 0.165 e. The molecule has 0 spiro atoms. The molecule has 112 valence electrons. The zero-order valence-corrected chi connectivity index (χ0v) is 12.8. The molecule has 0 unspecified atom stereocenters. The van der Waals surface area contributed by atoms with Gasteiger partial charge in [0, 0.05) is 18.2 Å². The van der Waals surface area contributed by atoms with Crippen LogP contribution in [0.25, 0.3) is 0 Å². The maximum atomic E-state index is 5.88. The van der Waals surface area contributed by atoms with Crippen LogP contribution in [0.4, 0.5) is 0 Å². The second kappa shape index (κ2) is 8.15. The molecule has 1 aromatic rings. The van der Waals surface area contributed by atoms with Gasteiger partial charge in [0.05, 0.1) is 13.7 Å². The van der Waals surface area contributed by atoms with Crippen LogP contribution in [0.2, 0.25) is 0 Å². The molecule has 0 saturated heterocycles. The van der Waals surface area contributed by atoms with Crippen molar-refractivity contribution in [3.05, 3.63) is 23.8 Å². The highest BCUT2D eigenvalue weighted by Crippen LogP contribution is 2.31. The number of methoxy groups -OCH3 is 1. The molecule has 1 fully saturated rings. The summed E-state index contributed by atoms with van der Waals surface area (Å²) in [5.41, 5.74) is 1.20. The minimum absolute atomic E-state index is 0.661. The molecule has 1 N–H and O–H groups in total. The third-order valence-corrected chi connectivity index (χ3v) is 3.92. The molecule has 20 heavy (non-hydrogen) atoms. The third kappa shape index (κ3) is 4.14. The minimum Gasteiger partial charge on any atom is -0.493 e. The first-order valence-corrected chi connectivity index (χ1v) is 7.87. The lowest BCUT2D eigenvalue weighted by Crippen LogP contribution is -2.30. The van der Waals surface area contributed by atoms with E-state index in [1.807, 2.05) is 12.1 Å². The summed E-state index contributed by atoms with van der Waals surface area (Å²) in [6, 6.07) is 6.79. The maximum absolute atomic E-state index is 5.88. The molecule has 3 heteroatoms. The van der Waals surface area contributed by atoms with Crippen molar-refractivity contribution in [1.82, 2.24) is 5.32 Å². The van der Waals surface area contributed by atoms with Crippen molar-refractivity contribution < 1.29 is 9.47 Å². The molecule has 0 aromatic heterocycles. The lowest BCUT2D eigenvalue weighted by molar-refractivity contribution is 0.288. The fourth-order valence-corrected chi connectivity index (χ4v) is 2.79. The number of rotatable bonds is 7. The van der Waals surface area contributed by atoms with Gasteiger partial charge in [0.25, 0.3) is 0 Å². The monoisotopic (exact) mass is 277 g/mol. The zero-order valence-electron chi connectivity index (χ0n) is 12.8. The van der Waals surface area contributed by atoms with E-state index in [-0.39, 0.29) is 0 Å². The standard InChI is InChI=1S/C17H27NO2/c1-3-12-20-17-14(8-7-11-16(17)19-2)13-18-15-9-5-4-6-10-15/h7-8,11,15,18H,3-6,9-10,12-13H2,1-2H3. The Morgan fingerprint density at radius 2 is 2.00 bits per heavy atom. The lowest BCUT2D eigenvalue weighted by Gasteiger charge is -2.23. The second-order valence-electron chi connectivity index (χ2n) is 5.51. The van der Waals surface area contributed by atoms with Crippen LogP contribution in [0.1, 0.15) is 51.0 Å². The van der Waals surface area contributed by atoms with Crippen LogP contribution < -0.4 is 14.8 Å². The Hall–Kier alpha value is -1.22. The number of nitrogens with one attached hydrogen (secondary N) is 1. The first-order chi connectivity index (χ1) is 9.85. The van der Waals surface area contributed by atoms with Crippen molar-refractivity contribution in [2.24, 2.45) is 0 Å². The summed E-state index contributed by atoms with van der Waals surface area (Å²) in [5, 5.41) is 3.67. The molecule has 3 nitrogen and oxygen atoms in total. The van der Waals surface area contributed by atoms with E-state index in [9.17, 15) is 0 Å². The summed E-state index contributed by atoms with van der Waals surface area (Å²) in [6.45, 7) is 3.72. The van der Waals surface area contributed by atoms with E-state index in [1.165, 1.54) is 37.7 Å². The Balaban J connectivity index is 2.01. The molecule has 1 aromatic carbocycles. The van der Waals surface area contributed by atoms with E-state index in [0.29, 0.717) is 6.04 Å².